The second-order valence-corrected chi connectivity index (χ2v) is 13.6. The van der Waals surface area contributed by atoms with Gasteiger partial charge in [-0.2, -0.15) is 4.31 Å². The number of sulfonamides is 1. The molecule has 7 nitrogen and oxygen atoms in total. The average Bonchev–Trinajstić information content (AvgIpc) is 3.42. The Morgan fingerprint density at radius 1 is 1.05 bits per heavy atom. The fourth-order valence-electron chi connectivity index (χ4n) is 5.96. The average molecular weight is 576 g/mol. The van der Waals surface area contributed by atoms with Gasteiger partial charge in [0.2, 0.25) is 15.9 Å². The molecule has 1 saturated heterocycles. The van der Waals surface area contributed by atoms with Gasteiger partial charge in [0.1, 0.15) is 6.61 Å². The van der Waals surface area contributed by atoms with Gasteiger partial charge in [-0.25, -0.2) is 8.42 Å². The van der Waals surface area contributed by atoms with Crippen molar-refractivity contribution < 1.29 is 17.9 Å². The summed E-state index contributed by atoms with van der Waals surface area (Å²) in [6, 6.07) is 17.5. The van der Waals surface area contributed by atoms with E-state index in [1.807, 2.05) is 0 Å². The van der Waals surface area contributed by atoms with Crippen molar-refractivity contribution in [3.05, 3.63) is 65.2 Å². The minimum atomic E-state index is -3.59. The lowest BCUT2D eigenvalue weighted by atomic mass is 9.76. The molecule has 0 aromatic heterocycles. The molecule has 2 atom stereocenters. The van der Waals surface area contributed by atoms with Gasteiger partial charge < -0.3 is 15.0 Å². The zero-order valence-corrected chi connectivity index (χ0v) is 24.7. The van der Waals surface area contributed by atoms with E-state index in [4.69, 9.17) is 16.3 Å². The summed E-state index contributed by atoms with van der Waals surface area (Å²) in [5, 5.41) is 3.54. The lowest BCUT2D eigenvalue weighted by molar-refractivity contribution is -0.127. The number of ether oxygens (including phenoxy) is 1. The highest BCUT2D eigenvalue weighted by molar-refractivity contribution is 7.89. The van der Waals surface area contributed by atoms with Crippen LogP contribution in [0.5, 0.6) is 0 Å². The number of nitrogens with zero attached hydrogens (tertiary/aromatic N) is 2. The largest absolute Gasteiger partial charge is 0.367 e. The number of aryl methyl sites for hydroxylation is 1. The number of hydrogen-bond acceptors (Lipinski definition) is 5. The summed E-state index contributed by atoms with van der Waals surface area (Å²) in [6.45, 7) is 1.25. The van der Waals surface area contributed by atoms with Crippen LogP contribution in [-0.4, -0.2) is 76.0 Å². The number of benzene rings is 2. The number of carbonyl (C=O) groups excluding carboxylic acids is 1. The highest BCUT2D eigenvalue weighted by Gasteiger charge is 2.33. The van der Waals surface area contributed by atoms with Crippen molar-refractivity contribution in [1.29, 1.82) is 0 Å². The Kier molecular flexibility index (Phi) is 10.8. The summed E-state index contributed by atoms with van der Waals surface area (Å²) in [4.78, 5) is 15.1. The van der Waals surface area contributed by atoms with E-state index in [2.05, 4.69) is 54.6 Å². The Balaban J connectivity index is 1.14. The third-order valence-corrected chi connectivity index (χ3v) is 10.4. The second-order valence-electron chi connectivity index (χ2n) is 11.2. The van der Waals surface area contributed by atoms with Crippen LogP contribution >= 0.6 is 11.6 Å². The van der Waals surface area contributed by atoms with Crippen LogP contribution in [0.15, 0.2) is 59.5 Å². The van der Waals surface area contributed by atoms with Crippen molar-refractivity contribution in [1.82, 2.24) is 14.5 Å². The van der Waals surface area contributed by atoms with Crippen molar-refractivity contribution in [2.24, 2.45) is 11.8 Å². The number of rotatable bonds is 12. The van der Waals surface area contributed by atoms with Crippen molar-refractivity contribution in [2.75, 3.05) is 40.3 Å². The number of halogens is 1. The minimum absolute atomic E-state index is 0.0446. The van der Waals surface area contributed by atoms with Crippen molar-refractivity contribution in [3.8, 4) is 0 Å². The highest BCUT2D eigenvalue weighted by atomic mass is 35.5. The van der Waals surface area contributed by atoms with E-state index < -0.39 is 10.0 Å². The van der Waals surface area contributed by atoms with E-state index in [-0.39, 0.29) is 30.1 Å². The molecule has 1 aliphatic carbocycles. The molecule has 1 aliphatic heterocycles. The first-order chi connectivity index (χ1) is 18.7. The maximum Gasteiger partial charge on any atom is 0.246 e. The first-order valence-corrected chi connectivity index (χ1v) is 15.9. The zero-order valence-electron chi connectivity index (χ0n) is 23.1. The fraction of sp³-hybridized carbons (Fsp3) is 0.567. The molecule has 2 fully saturated rings. The van der Waals surface area contributed by atoms with Crippen molar-refractivity contribution >= 4 is 27.5 Å². The lowest BCUT2D eigenvalue weighted by Gasteiger charge is -2.37. The molecule has 4 rings (SSSR count). The predicted molar refractivity (Wildman–Crippen MR) is 155 cm³/mol. The quantitative estimate of drug-likeness (QED) is 0.400. The Bertz CT molecular complexity index is 1150. The molecule has 1 N–H and O–H groups in total. The zero-order chi connectivity index (χ0) is 27.8. The van der Waals surface area contributed by atoms with Crippen LogP contribution in [0.4, 0.5) is 0 Å². The fourth-order valence-corrected chi connectivity index (χ4v) is 7.57. The molecule has 214 valence electrons. The van der Waals surface area contributed by atoms with Gasteiger partial charge in [0.25, 0.3) is 0 Å². The molecule has 0 bridgehead atoms. The van der Waals surface area contributed by atoms with Gasteiger partial charge in [0.15, 0.2) is 0 Å². The summed E-state index contributed by atoms with van der Waals surface area (Å²) in [7, 11) is 0.791. The summed E-state index contributed by atoms with van der Waals surface area (Å²) in [6.07, 6.45) is 7.19. The third kappa shape index (κ3) is 8.51. The van der Waals surface area contributed by atoms with E-state index >= 15 is 0 Å². The van der Waals surface area contributed by atoms with Crippen LogP contribution in [0, 0.1) is 11.8 Å². The number of amides is 1. The van der Waals surface area contributed by atoms with Gasteiger partial charge in [-0.05, 0) is 101 Å². The molecular formula is C30H42ClN3O4S. The summed E-state index contributed by atoms with van der Waals surface area (Å²) in [5.41, 5.74) is 1.40. The molecule has 0 spiro atoms. The molecule has 1 amide bonds. The lowest BCUT2D eigenvalue weighted by Crippen LogP contribution is -2.40. The van der Waals surface area contributed by atoms with Crippen LogP contribution in [0.1, 0.15) is 44.1 Å². The SMILES string of the molecule is CN(C)C(CCc1ccccc1)C1CCC(CNC(=O)COC2CCN(S(=O)(=O)c3ccc(Cl)cc3)C2)CC1. The number of hydrogen-bond donors (Lipinski definition) is 1. The standard InChI is InChI=1S/C30H42ClN3O4S/c1-33(2)29(17-10-23-6-4-3-5-7-23)25-11-8-24(9-12-25)20-32-30(35)22-38-27-18-19-34(21-27)39(36,37)28-15-13-26(31)14-16-28/h3-7,13-16,24-25,27,29H,8-12,17-22H2,1-2H3,(H,32,35). The van der Waals surface area contributed by atoms with Crippen molar-refractivity contribution in [2.45, 2.75) is 62.0 Å². The van der Waals surface area contributed by atoms with Crippen LogP contribution in [0.25, 0.3) is 0 Å². The summed E-state index contributed by atoms with van der Waals surface area (Å²) in [5.74, 6) is 1.05. The Morgan fingerprint density at radius 2 is 1.74 bits per heavy atom. The molecule has 9 heteroatoms. The van der Waals surface area contributed by atoms with Gasteiger partial charge in [0, 0.05) is 30.7 Å². The molecule has 0 radical (unpaired) electrons. The number of nitrogens with one attached hydrogen (secondary N) is 1. The molecule has 1 heterocycles. The first kappa shape index (κ1) is 30.0. The molecule has 1 saturated carbocycles. The van der Waals surface area contributed by atoms with Crippen molar-refractivity contribution in [3.63, 3.8) is 0 Å². The van der Waals surface area contributed by atoms with Crippen LogP contribution in [0.2, 0.25) is 5.02 Å². The van der Waals surface area contributed by atoms with Crippen LogP contribution in [-0.2, 0) is 26.0 Å². The van der Waals surface area contributed by atoms with Gasteiger partial charge in [-0.1, -0.05) is 41.9 Å². The van der Waals surface area contributed by atoms with Crippen LogP contribution in [0.3, 0.4) is 0 Å². The third-order valence-electron chi connectivity index (χ3n) is 8.27. The van der Waals surface area contributed by atoms with E-state index in [0.717, 1.165) is 19.3 Å². The Labute approximate surface area is 238 Å². The normalized spacial score (nSPS) is 23.1. The highest BCUT2D eigenvalue weighted by Crippen LogP contribution is 2.33. The topological polar surface area (TPSA) is 79.0 Å². The maximum atomic E-state index is 12.9. The molecule has 2 aromatic carbocycles. The molecule has 2 unspecified atom stereocenters. The first-order valence-electron chi connectivity index (χ1n) is 14.1. The monoisotopic (exact) mass is 575 g/mol. The minimum Gasteiger partial charge on any atom is -0.367 e. The maximum absolute atomic E-state index is 12.9. The van der Waals surface area contributed by atoms with E-state index in [0.29, 0.717) is 42.4 Å². The predicted octanol–water partition coefficient (Wildman–Crippen LogP) is 4.61. The Morgan fingerprint density at radius 3 is 2.41 bits per heavy atom. The molecule has 2 aliphatic rings. The number of carbonyl (C=O) groups is 1. The molecular weight excluding hydrogens is 534 g/mol. The van der Waals surface area contributed by atoms with Crippen LogP contribution < -0.4 is 5.32 Å². The molecule has 2 aromatic rings. The van der Waals surface area contributed by atoms with E-state index in [9.17, 15) is 13.2 Å². The van der Waals surface area contributed by atoms with E-state index in [1.165, 1.54) is 41.3 Å². The van der Waals surface area contributed by atoms with Gasteiger partial charge in [0.05, 0.1) is 11.0 Å². The van der Waals surface area contributed by atoms with E-state index in [1.54, 1.807) is 12.1 Å². The smallest absolute Gasteiger partial charge is 0.246 e. The van der Waals surface area contributed by atoms with Gasteiger partial charge >= 0.3 is 0 Å². The second kappa shape index (κ2) is 14.1. The Hall–Kier alpha value is -1.97. The van der Waals surface area contributed by atoms with Gasteiger partial charge in [-0.3, -0.25) is 4.79 Å². The summed E-state index contributed by atoms with van der Waals surface area (Å²) >= 11 is 5.88. The molecule has 39 heavy (non-hydrogen) atoms. The van der Waals surface area contributed by atoms with Gasteiger partial charge in [-0.15, -0.1) is 0 Å². The summed E-state index contributed by atoms with van der Waals surface area (Å²) < 4.78 is 32.9.